The van der Waals surface area contributed by atoms with E-state index in [1.165, 1.54) is 17.7 Å². The van der Waals surface area contributed by atoms with Crippen molar-refractivity contribution in [2.75, 3.05) is 6.54 Å². The van der Waals surface area contributed by atoms with Crippen LogP contribution in [0.3, 0.4) is 0 Å². The summed E-state index contributed by atoms with van der Waals surface area (Å²) in [5.74, 6) is 0.00204. The SMILES string of the molecule is CC(C)(CN)N1C(=O)CC2(CCCCCC2)C1=O. The van der Waals surface area contributed by atoms with Gasteiger partial charge in [-0.25, -0.2) is 0 Å². The number of likely N-dealkylation sites (tertiary alicyclic amines) is 1. The first-order valence-electron chi connectivity index (χ1n) is 7.01. The number of nitrogens with two attached hydrogens (primary N) is 1. The summed E-state index contributed by atoms with van der Waals surface area (Å²) < 4.78 is 0. The standard InChI is InChI=1S/C14H24N2O2/c1-13(2,10-15)16-11(17)9-14(12(16)18)7-5-3-4-6-8-14/h3-10,15H2,1-2H3. The van der Waals surface area contributed by atoms with Crippen LogP contribution in [0.1, 0.15) is 58.8 Å². The molecule has 1 aliphatic heterocycles. The zero-order chi connectivity index (χ0) is 13.4. The van der Waals surface area contributed by atoms with Gasteiger partial charge in [0.1, 0.15) is 0 Å². The third kappa shape index (κ3) is 2.07. The maximum Gasteiger partial charge on any atom is 0.236 e. The maximum absolute atomic E-state index is 12.7. The largest absolute Gasteiger partial charge is 0.328 e. The number of amides is 2. The first-order valence-corrected chi connectivity index (χ1v) is 7.01. The Labute approximate surface area is 109 Å². The molecule has 1 saturated carbocycles. The Hall–Kier alpha value is -0.900. The third-order valence-corrected chi connectivity index (χ3v) is 4.56. The molecule has 102 valence electrons. The second-order valence-electron chi connectivity index (χ2n) is 6.42. The van der Waals surface area contributed by atoms with Crippen molar-refractivity contribution in [2.45, 2.75) is 64.3 Å². The molecule has 2 amide bonds. The molecule has 4 nitrogen and oxygen atoms in total. The van der Waals surface area contributed by atoms with Gasteiger partial charge in [0.25, 0.3) is 0 Å². The van der Waals surface area contributed by atoms with Crippen LogP contribution >= 0.6 is 0 Å². The van der Waals surface area contributed by atoms with Gasteiger partial charge in [0.15, 0.2) is 0 Å². The normalized spacial score (nSPS) is 24.7. The highest BCUT2D eigenvalue weighted by Crippen LogP contribution is 2.46. The van der Waals surface area contributed by atoms with E-state index in [2.05, 4.69) is 0 Å². The minimum Gasteiger partial charge on any atom is -0.328 e. The molecular weight excluding hydrogens is 228 g/mol. The van der Waals surface area contributed by atoms with Crippen LogP contribution < -0.4 is 5.73 Å². The van der Waals surface area contributed by atoms with Crippen molar-refractivity contribution in [3.63, 3.8) is 0 Å². The van der Waals surface area contributed by atoms with E-state index < -0.39 is 11.0 Å². The third-order valence-electron chi connectivity index (χ3n) is 4.56. The molecule has 1 heterocycles. The van der Waals surface area contributed by atoms with E-state index in [0.717, 1.165) is 25.7 Å². The first-order chi connectivity index (χ1) is 8.43. The number of rotatable bonds is 2. The average molecular weight is 252 g/mol. The molecule has 0 unspecified atom stereocenters. The van der Waals surface area contributed by atoms with Gasteiger partial charge in [-0.3, -0.25) is 14.5 Å². The van der Waals surface area contributed by atoms with Crippen LogP contribution in [-0.4, -0.2) is 28.8 Å². The average Bonchev–Trinajstić information content (AvgIpc) is 2.49. The molecular formula is C14H24N2O2. The van der Waals surface area contributed by atoms with Crippen LogP contribution in [0.5, 0.6) is 0 Å². The molecule has 1 saturated heterocycles. The van der Waals surface area contributed by atoms with E-state index in [1.54, 1.807) is 0 Å². The predicted octanol–water partition coefficient (Wildman–Crippen LogP) is 1.82. The highest BCUT2D eigenvalue weighted by atomic mass is 16.2. The van der Waals surface area contributed by atoms with Crippen molar-refractivity contribution < 1.29 is 9.59 Å². The van der Waals surface area contributed by atoms with E-state index in [1.807, 2.05) is 13.8 Å². The Morgan fingerprint density at radius 2 is 1.72 bits per heavy atom. The van der Waals surface area contributed by atoms with Crippen LogP contribution in [0, 0.1) is 5.41 Å². The van der Waals surface area contributed by atoms with Crippen molar-refractivity contribution in [2.24, 2.45) is 11.1 Å². The molecule has 0 aromatic rings. The molecule has 0 aromatic carbocycles. The number of nitrogens with zero attached hydrogens (tertiary/aromatic N) is 1. The summed E-state index contributed by atoms with van der Waals surface area (Å²) in [6.45, 7) is 4.07. The molecule has 2 aliphatic rings. The predicted molar refractivity (Wildman–Crippen MR) is 69.7 cm³/mol. The van der Waals surface area contributed by atoms with Gasteiger partial charge in [0.05, 0.1) is 11.0 Å². The van der Waals surface area contributed by atoms with E-state index in [-0.39, 0.29) is 11.8 Å². The Morgan fingerprint density at radius 1 is 1.17 bits per heavy atom. The zero-order valence-corrected chi connectivity index (χ0v) is 11.5. The van der Waals surface area contributed by atoms with Crippen LogP contribution in [0.25, 0.3) is 0 Å². The van der Waals surface area contributed by atoms with Gasteiger partial charge in [-0.1, -0.05) is 25.7 Å². The van der Waals surface area contributed by atoms with Crippen LogP contribution in [0.4, 0.5) is 0 Å². The van der Waals surface area contributed by atoms with Gasteiger partial charge in [0.2, 0.25) is 11.8 Å². The quantitative estimate of drug-likeness (QED) is 0.762. The Bertz CT molecular complexity index is 355. The second-order valence-corrected chi connectivity index (χ2v) is 6.42. The minimum absolute atomic E-state index is 0.0302. The number of carbonyl (C=O) groups excluding carboxylic acids is 2. The molecule has 0 bridgehead atoms. The molecule has 1 spiro atoms. The van der Waals surface area contributed by atoms with Crippen LogP contribution in [-0.2, 0) is 9.59 Å². The Kier molecular flexibility index (Phi) is 3.49. The molecule has 4 heteroatoms. The highest BCUT2D eigenvalue weighted by molar-refractivity contribution is 6.06. The fourth-order valence-electron chi connectivity index (χ4n) is 3.29. The van der Waals surface area contributed by atoms with Crippen molar-refractivity contribution in [1.29, 1.82) is 0 Å². The Balaban J connectivity index is 2.28. The number of hydrogen-bond acceptors (Lipinski definition) is 3. The summed E-state index contributed by atoms with van der Waals surface area (Å²) >= 11 is 0. The van der Waals surface area contributed by atoms with Crippen LogP contribution in [0.15, 0.2) is 0 Å². The number of hydrogen-bond donors (Lipinski definition) is 1. The molecule has 18 heavy (non-hydrogen) atoms. The lowest BCUT2D eigenvalue weighted by atomic mass is 9.79. The minimum atomic E-state index is -0.552. The Morgan fingerprint density at radius 3 is 2.22 bits per heavy atom. The second kappa shape index (κ2) is 4.65. The number of carbonyl (C=O) groups is 2. The first kappa shape index (κ1) is 13.5. The van der Waals surface area contributed by atoms with Gasteiger partial charge in [0, 0.05) is 13.0 Å². The summed E-state index contributed by atoms with van der Waals surface area (Å²) in [4.78, 5) is 26.4. The summed E-state index contributed by atoms with van der Waals surface area (Å²) in [6.07, 6.45) is 6.64. The van der Waals surface area contributed by atoms with Gasteiger partial charge >= 0.3 is 0 Å². The van der Waals surface area contributed by atoms with Gasteiger partial charge < -0.3 is 5.73 Å². The maximum atomic E-state index is 12.7. The molecule has 2 N–H and O–H groups in total. The lowest BCUT2D eigenvalue weighted by Gasteiger charge is -2.34. The van der Waals surface area contributed by atoms with Crippen molar-refractivity contribution in [3.05, 3.63) is 0 Å². The van der Waals surface area contributed by atoms with Crippen molar-refractivity contribution in [3.8, 4) is 0 Å². The zero-order valence-electron chi connectivity index (χ0n) is 11.5. The van der Waals surface area contributed by atoms with Gasteiger partial charge in [-0.05, 0) is 26.7 Å². The van der Waals surface area contributed by atoms with E-state index in [4.69, 9.17) is 5.73 Å². The summed E-state index contributed by atoms with van der Waals surface area (Å²) in [5.41, 5.74) is 4.76. The topological polar surface area (TPSA) is 63.4 Å². The van der Waals surface area contributed by atoms with E-state index in [0.29, 0.717) is 13.0 Å². The lowest BCUT2D eigenvalue weighted by molar-refractivity contribution is -0.147. The fourth-order valence-corrected chi connectivity index (χ4v) is 3.29. The van der Waals surface area contributed by atoms with E-state index in [9.17, 15) is 9.59 Å². The highest BCUT2D eigenvalue weighted by Gasteiger charge is 2.54. The smallest absolute Gasteiger partial charge is 0.236 e. The molecule has 0 aromatic heterocycles. The lowest BCUT2D eigenvalue weighted by Crippen LogP contribution is -2.53. The molecule has 0 atom stereocenters. The monoisotopic (exact) mass is 252 g/mol. The number of imide groups is 1. The molecule has 2 rings (SSSR count). The summed E-state index contributed by atoms with van der Waals surface area (Å²) in [6, 6.07) is 0. The molecule has 0 radical (unpaired) electrons. The summed E-state index contributed by atoms with van der Waals surface area (Å²) in [7, 11) is 0. The van der Waals surface area contributed by atoms with Gasteiger partial charge in [-0.2, -0.15) is 0 Å². The van der Waals surface area contributed by atoms with Crippen LogP contribution in [0.2, 0.25) is 0 Å². The van der Waals surface area contributed by atoms with Gasteiger partial charge in [-0.15, -0.1) is 0 Å². The van der Waals surface area contributed by atoms with Crippen molar-refractivity contribution in [1.82, 2.24) is 4.90 Å². The summed E-state index contributed by atoms with van der Waals surface area (Å²) in [5, 5.41) is 0. The fraction of sp³-hybridized carbons (Fsp3) is 0.857. The molecule has 2 fully saturated rings. The van der Waals surface area contributed by atoms with E-state index >= 15 is 0 Å². The van der Waals surface area contributed by atoms with Crippen molar-refractivity contribution >= 4 is 11.8 Å². The molecule has 1 aliphatic carbocycles.